The van der Waals surface area contributed by atoms with Gasteiger partial charge in [0.2, 0.25) is 6.54 Å². The first-order valence-electron chi connectivity index (χ1n) is 7.64. The smallest absolute Gasteiger partial charge is 0.392 e. The molecule has 2 unspecified atom stereocenters. The Bertz CT molecular complexity index is 651. The van der Waals surface area contributed by atoms with E-state index in [9.17, 15) is 28.1 Å². The van der Waals surface area contributed by atoms with Gasteiger partial charge < -0.3 is 10.1 Å². The number of hydrogen-bond acceptors (Lipinski definition) is 6. The number of esters is 1. The molecule has 2 N–H and O–H groups in total. The van der Waals surface area contributed by atoms with E-state index in [4.69, 9.17) is 4.74 Å². The molecule has 0 aromatic heterocycles. The van der Waals surface area contributed by atoms with Crippen LogP contribution in [0.25, 0.3) is 0 Å². The molecule has 1 aliphatic heterocycles. The molecular weight excluding hydrogens is 343 g/mol. The van der Waals surface area contributed by atoms with Crippen molar-refractivity contribution in [2.45, 2.75) is 31.8 Å². The molecule has 25 heavy (non-hydrogen) atoms. The summed E-state index contributed by atoms with van der Waals surface area (Å²) in [5.74, 6) is -2.35. The van der Waals surface area contributed by atoms with Crippen LogP contribution in [-0.4, -0.2) is 36.9 Å². The minimum Gasteiger partial charge on any atom is -0.443 e. The van der Waals surface area contributed by atoms with E-state index in [0.29, 0.717) is 5.69 Å². The van der Waals surface area contributed by atoms with Crippen LogP contribution in [0.1, 0.15) is 28.8 Å². The molecule has 7 nitrogen and oxygen atoms in total. The third-order valence-corrected chi connectivity index (χ3v) is 3.99. The van der Waals surface area contributed by atoms with Gasteiger partial charge in [0.25, 0.3) is 0 Å². The Morgan fingerprint density at radius 3 is 2.80 bits per heavy atom. The Hall–Kier alpha value is -2.36. The number of nitro groups is 1. The van der Waals surface area contributed by atoms with Gasteiger partial charge in [0.15, 0.2) is 6.23 Å². The number of anilines is 1. The summed E-state index contributed by atoms with van der Waals surface area (Å²) in [5.41, 5.74) is 0.819. The zero-order valence-electron chi connectivity index (χ0n) is 13.4. The van der Waals surface area contributed by atoms with E-state index in [2.05, 4.69) is 10.6 Å². The molecular formula is C15H18F3N3O4. The molecule has 0 amide bonds. The molecule has 1 aromatic carbocycles. The van der Waals surface area contributed by atoms with Gasteiger partial charge in [-0.15, -0.1) is 0 Å². The average Bonchev–Trinajstić information content (AvgIpc) is 2.53. The Morgan fingerprint density at radius 1 is 1.48 bits per heavy atom. The van der Waals surface area contributed by atoms with Gasteiger partial charge in [-0.2, -0.15) is 13.2 Å². The quantitative estimate of drug-likeness (QED) is 0.476. The SMILES string of the molecule is CNc1ccc(C(=O)OC2CC(C(F)(F)F)CCN2)cc1C[N+](=O)[O-]. The van der Waals surface area contributed by atoms with E-state index in [1.54, 1.807) is 7.05 Å². The highest BCUT2D eigenvalue weighted by Crippen LogP contribution is 2.34. The second kappa shape index (κ2) is 7.68. The largest absolute Gasteiger partial charge is 0.443 e. The van der Waals surface area contributed by atoms with E-state index in [1.165, 1.54) is 18.2 Å². The minimum atomic E-state index is -4.33. The average molecular weight is 361 g/mol. The van der Waals surface area contributed by atoms with Gasteiger partial charge in [0.05, 0.1) is 11.5 Å². The van der Waals surface area contributed by atoms with E-state index in [-0.39, 0.29) is 30.5 Å². The summed E-state index contributed by atoms with van der Waals surface area (Å²) in [6, 6.07) is 4.20. The number of rotatable bonds is 5. The Kier molecular flexibility index (Phi) is 5.83. The van der Waals surface area contributed by atoms with Crippen molar-refractivity contribution in [2.24, 2.45) is 5.92 Å². The third kappa shape index (κ3) is 5.05. The number of benzene rings is 1. The predicted molar refractivity (Wildman–Crippen MR) is 82.7 cm³/mol. The molecule has 0 bridgehead atoms. The Labute approximate surface area is 141 Å². The summed E-state index contributed by atoms with van der Waals surface area (Å²) in [6.45, 7) is -0.400. The lowest BCUT2D eigenvalue weighted by Gasteiger charge is -2.31. The molecule has 2 rings (SSSR count). The number of carbonyl (C=O) groups is 1. The first-order valence-corrected chi connectivity index (χ1v) is 7.64. The van der Waals surface area contributed by atoms with Gasteiger partial charge in [-0.1, -0.05) is 0 Å². The number of alkyl halides is 3. The number of carbonyl (C=O) groups excluding carboxylic acids is 1. The molecule has 1 aromatic rings. The van der Waals surface area contributed by atoms with Gasteiger partial charge in [0.1, 0.15) is 0 Å². The lowest BCUT2D eigenvalue weighted by molar-refractivity contribution is -0.496. The topological polar surface area (TPSA) is 93.5 Å². The number of piperidine rings is 1. The monoisotopic (exact) mass is 361 g/mol. The van der Waals surface area contributed by atoms with Crippen LogP contribution < -0.4 is 10.6 Å². The summed E-state index contributed by atoms with van der Waals surface area (Å²) >= 11 is 0. The maximum Gasteiger partial charge on any atom is 0.392 e. The van der Waals surface area contributed by atoms with Crippen molar-refractivity contribution >= 4 is 11.7 Å². The van der Waals surface area contributed by atoms with Crippen LogP contribution in [0.15, 0.2) is 18.2 Å². The van der Waals surface area contributed by atoms with Gasteiger partial charge in [-0.3, -0.25) is 15.4 Å². The number of ether oxygens (including phenoxy) is 1. The highest BCUT2D eigenvalue weighted by Gasteiger charge is 2.43. The van der Waals surface area contributed by atoms with Crippen molar-refractivity contribution in [3.63, 3.8) is 0 Å². The van der Waals surface area contributed by atoms with E-state index in [0.717, 1.165) is 0 Å². The summed E-state index contributed by atoms with van der Waals surface area (Å²) in [6.07, 6.45) is -5.80. The highest BCUT2D eigenvalue weighted by atomic mass is 19.4. The summed E-state index contributed by atoms with van der Waals surface area (Å²) in [7, 11) is 1.58. The molecule has 1 fully saturated rings. The number of nitrogens with zero attached hydrogens (tertiary/aromatic N) is 1. The zero-order valence-corrected chi connectivity index (χ0v) is 13.4. The van der Waals surface area contributed by atoms with E-state index in [1.807, 2.05) is 0 Å². The molecule has 0 saturated carbocycles. The van der Waals surface area contributed by atoms with E-state index >= 15 is 0 Å². The van der Waals surface area contributed by atoms with Crippen LogP contribution in [0.4, 0.5) is 18.9 Å². The second-order valence-corrected chi connectivity index (χ2v) is 5.72. The zero-order chi connectivity index (χ0) is 18.6. The van der Waals surface area contributed by atoms with Crippen LogP contribution >= 0.6 is 0 Å². The molecule has 2 atom stereocenters. The third-order valence-electron chi connectivity index (χ3n) is 3.99. The molecule has 0 aliphatic carbocycles. The fraction of sp³-hybridized carbons (Fsp3) is 0.533. The minimum absolute atomic E-state index is 0.0479. The first kappa shape index (κ1) is 19.0. The van der Waals surface area contributed by atoms with Crippen molar-refractivity contribution < 1.29 is 27.6 Å². The van der Waals surface area contributed by atoms with Crippen LogP contribution in [0.5, 0.6) is 0 Å². The van der Waals surface area contributed by atoms with Gasteiger partial charge in [0, 0.05) is 29.6 Å². The van der Waals surface area contributed by atoms with Crippen molar-refractivity contribution in [3.8, 4) is 0 Å². The second-order valence-electron chi connectivity index (χ2n) is 5.72. The number of halogens is 3. The maximum absolute atomic E-state index is 12.8. The number of hydrogen-bond donors (Lipinski definition) is 2. The fourth-order valence-electron chi connectivity index (χ4n) is 2.70. The van der Waals surface area contributed by atoms with E-state index < -0.39 is 35.8 Å². The van der Waals surface area contributed by atoms with Crippen molar-refractivity contribution in [2.75, 3.05) is 18.9 Å². The van der Waals surface area contributed by atoms with Crippen LogP contribution in [0, 0.1) is 16.0 Å². The number of nitrogens with one attached hydrogen (secondary N) is 2. The molecule has 1 saturated heterocycles. The normalized spacial score (nSPS) is 20.8. The molecule has 0 radical (unpaired) electrons. The summed E-state index contributed by atoms with van der Waals surface area (Å²) in [5, 5.41) is 16.2. The molecule has 1 heterocycles. The van der Waals surface area contributed by atoms with Gasteiger partial charge >= 0.3 is 12.1 Å². The molecule has 0 spiro atoms. The van der Waals surface area contributed by atoms with Crippen molar-refractivity contribution in [3.05, 3.63) is 39.4 Å². The van der Waals surface area contributed by atoms with Gasteiger partial charge in [-0.25, -0.2) is 4.79 Å². The molecule has 138 valence electrons. The van der Waals surface area contributed by atoms with Crippen LogP contribution in [-0.2, 0) is 11.3 Å². The first-order chi connectivity index (χ1) is 11.7. The van der Waals surface area contributed by atoms with Crippen molar-refractivity contribution in [1.82, 2.24) is 5.32 Å². The lowest BCUT2D eigenvalue weighted by Crippen LogP contribution is -2.45. The highest BCUT2D eigenvalue weighted by molar-refractivity contribution is 5.90. The predicted octanol–water partition coefficient (Wildman–Crippen LogP) is 2.55. The fourth-order valence-corrected chi connectivity index (χ4v) is 2.70. The Morgan fingerprint density at radius 2 is 2.20 bits per heavy atom. The summed E-state index contributed by atoms with van der Waals surface area (Å²) < 4.78 is 43.5. The summed E-state index contributed by atoms with van der Waals surface area (Å²) in [4.78, 5) is 22.3. The maximum atomic E-state index is 12.8. The van der Waals surface area contributed by atoms with Crippen LogP contribution in [0.3, 0.4) is 0 Å². The lowest BCUT2D eigenvalue weighted by atomic mass is 9.96. The molecule has 10 heteroatoms. The molecule has 1 aliphatic rings. The van der Waals surface area contributed by atoms with Crippen molar-refractivity contribution in [1.29, 1.82) is 0 Å². The standard InChI is InChI=1S/C15H18F3N3O4/c1-19-12-3-2-9(6-10(12)8-21(23)24)14(22)25-13-7-11(4-5-20-13)15(16,17)18/h2-3,6,11,13,19-20H,4-5,7-8H2,1H3. The Balaban J connectivity index is 2.08. The van der Waals surface area contributed by atoms with Crippen LogP contribution in [0.2, 0.25) is 0 Å². The van der Waals surface area contributed by atoms with Gasteiger partial charge in [-0.05, 0) is 31.2 Å².